The van der Waals surface area contributed by atoms with E-state index in [9.17, 15) is 18.0 Å². The molecule has 1 fully saturated rings. The molecule has 4 aromatic carbocycles. The molecule has 0 saturated heterocycles. The number of hydrogen-bond acceptors (Lipinski definition) is 4. The van der Waals surface area contributed by atoms with E-state index in [2.05, 4.69) is 5.32 Å². The number of carbonyl (C=O) groups excluding carboxylic acids is 2. The summed E-state index contributed by atoms with van der Waals surface area (Å²) in [4.78, 5) is 30.3. The zero-order valence-electron chi connectivity index (χ0n) is 26.2. The van der Waals surface area contributed by atoms with Crippen LogP contribution in [-0.4, -0.2) is 43.8 Å². The van der Waals surface area contributed by atoms with Gasteiger partial charge in [0.15, 0.2) is 0 Å². The lowest BCUT2D eigenvalue weighted by Crippen LogP contribution is -2.54. The predicted molar refractivity (Wildman–Crippen MR) is 183 cm³/mol. The first-order chi connectivity index (χ1) is 22.1. The Morgan fingerprint density at radius 3 is 2.13 bits per heavy atom. The number of benzene rings is 4. The number of carbonyl (C=O) groups is 2. The van der Waals surface area contributed by atoms with Crippen molar-refractivity contribution in [2.24, 2.45) is 0 Å². The van der Waals surface area contributed by atoms with Gasteiger partial charge >= 0.3 is 0 Å². The minimum Gasteiger partial charge on any atom is -0.352 e. The van der Waals surface area contributed by atoms with Gasteiger partial charge in [-0.2, -0.15) is 0 Å². The zero-order chi connectivity index (χ0) is 32.7. The van der Waals surface area contributed by atoms with Gasteiger partial charge in [0.05, 0.1) is 10.6 Å². The van der Waals surface area contributed by atoms with Crippen molar-refractivity contribution >= 4 is 39.1 Å². The zero-order valence-corrected chi connectivity index (χ0v) is 27.8. The van der Waals surface area contributed by atoms with Crippen LogP contribution in [0.25, 0.3) is 0 Å². The molecule has 2 amide bonds. The number of halogens is 1. The molecular weight excluding hydrogens is 618 g/mol. The first-order valence-corrected chi connectivity index (χ1v) is 17.5. The minimum atomic E-state index is -4.19. The lowest BCUT2D eigenvalue weighted by atomic mass is 10.0. The molecule has 0 bridgehead atoms. The van der Waals surface area contributed by atoms with Gasteiger partial charge in [0.25, 0.3) is 10.0 Å². The summed E-state index contributed by atoms with van der Waals surface area (Å²) in [6, 6.07) is 29.5. The smallest absolute Gasteiger partial charge is 0.264 e. The highest BCUT2D eigenvalue weighted by Gasteiger charge is 2.35. The van der Waals surface area contributed by atoms with Gasteiger partial charge in [-0.3, -0.25) is 13.9 Å². The third kappa shape index (κ3) is 8.36. The first-order valence-electron chi connectivity index (χ1n) is 15.6. The Bertz CT molecular complexity index is 1740. The van der Waals surface area contributed by atoms with Gasteiger partial charge < -0.3 is 10.2 Å². The Morgan fingerprint density at radius 2 is 1.48 bits per heavy atom. The van der Waals surface area contributed by atoms with Crippen LogP contribution < -0.4 is 9.62 Å². The van der Waals surface area contributed by atoms with Crippen LogP contribution in [0.4, 0.5) is 5.69 Å². The maximum atomic E-state index is 14.6. The van der Waals surface area contributed by atoms with E-state index in [0.717, 1.165) is 52.2 Å². The number of amides is 2. The molecule has 1 N–H and O–H groups in total. The summed E-state index contributed by atoms with van der Waals surface area (Å²) in [6.45, 7) is 3.52. The lowest BCUT2D eigenvalue weighted by Gasteiger charge is -2.34. The van der Waals surface area contributed by atoms with E-state index in [4.69, 9.17) is 11.6 Å². The largest absolute Gasteiger partial charge is 0.352 e. The van der Waals surface area contributed by atoms with Crippen LogP contribution in [-0.2, 0) is 32.6 Å². The third-order valence-corrected chi connectivity index (χ3v) is 10.5. The highest BCUT2D eigenvalue weighted by atomic mass is 35.5. The number of anilines is 1. The van der Waals surface area contributed by atoms with Gasteiger partial charge in [0, 0.05) is 24.0 Å². The van der Waals surface area contributed by atoms with Crippen LogP contribution in [0.2, 0.25) is 5.02 Å². The quantitative estimate of drug-likeness (QED) is 0.181. The Morgan fingerprint density at radius 1 is 0.826 bits per heavy atom. The molecule has 0 radical (unpaired) electrons. The van der Waals surface area contributed by atoms with Crippen molar-refractivity contribution in [2.75, 3.05) is 10.8 Å². The van der Waals surface area contributed by atoms with E-state index in [0.29, 0.717) is 10.7 Å². The molecule has 0 heterocycles. The second-order valence-corrected chi connectivity index (χ2v) is 14.3. The van der Waals surface area contributed by atoms with Crippen molar-refractivity contribution in [1.29, 1.82) is 0 Å². The van der Waals surface area contributed by atoms with Gasteiger partial charge in [-0.15, -0.1) is 0 Å². The van der Waals surface area contributed by atoms with Crippen molar-refractivity contribution in [3.05, 3.63) is 130 Å². The number of rotatable bonds is 12. The van der Waals surface area contributed by atoms with Crippen molar-refractivity contribution in [3.8, 4) is 0 Å². The topological polar surface area (TPSA) is 86.8 Å². The summed E-state index contributed by atoms with van der Waals surface area (Å²) in [5.74, 6) is -0.721. The van der Waals surface area contributed by atoms with Crippen LogP contribution in [0, 0.1) is 13.8 Å². The van der Waals surface area contributed by atoms with Gasteiger partial charge in [0.1, 0.15) is 12.6 Å². The Balaban J connectivity index is 1.56. The molecule has 1 atom stereocenters. The number of nitrogens with one attached hydrogen (secondary N) is 1. The second kappa shape index (κ2) is 15.0. The molecule has 7 nitrogen and oxygen atoms in total. The molecule has 9 heteroatoms. The number of aryl methyl sites for hydroxylation is 2. The maximum Gasteiger partial charge on any atom is 0.264 e. The fourth-order valence-corrected chi connectivity index (χ4v) is 7.44. The molecule has 1 aliphatic carbocycles. The summed E-state index contributed by atoms with van der Waals surface area (Å²) < 4.78 is 29.4. The Hall–Kier alpha value is -4.14. The average molecular weight is 658 g/mol. The Labute approximate surface area is 277 Å². The molecule has 0 aliphatic heterocycles. The first kappa shape index (κ1) is 33.2. The molecule has 1 saturated carbocycles. The highest BCUT2D eigenvalue weighted by molar-refractivity contribution is 7.92. The predicted octanol–water partition coefficient (Wildman–Crippen LogP) is 6.85. The second-order valence-electron chi connectivity index (χ2n) is 12.0. The van der Waals surface area contributed by atoms with Crippen LogP contribution in [0.15, 0.2) is 108 Å². The van der Waals surface area contributed by atoms with Crippen molar-refractivity contribution in [3.63, 3.8) is 0 Å². The summed E-state index contributed by atoms with van der Waals surface area (Å²) in [7, 11) is -4.19. The number of nitrogens with zero attached hydrogens (tertiary/aromatic N) is 2. The molecule has 240 valence electrons. The maximum absolute atomic E-state index is 14.6. The molecular formula is C37H40ClN3O4S. The SMILES string of the molecule is Cc1ccc(N(CC(=O)N(Cc2cccc(C)c2)[C@H](Cc2ccccc2)C(=O)NC2CCCC2)S(=O)(=O)c2ccc(Cl)cc2)cc1. The van der Waals surface area contributed by atoms with E-state index in [1.54, 1.807) is 17.0 Å². The van der Waals surface area contributed by atoms with Gasteiger partial charge in [-0.25, -0.2) is 8.42 Å². The standard InChI is InChI=1S/C37H40ClN3O4S/c1-27-15-19-33(20-16-27)41(46(44,45)34-21-17-31(38)18-22-34)26-36(42)40(25-30-12-8-9-28(2)23-30)35(24-29-10-4-3-5-11-29)37(43)39-32-13-6-7-14-32/h3-5,8-12,15-23,32,35H,6-7,13-14,24-26H2,1-2H3,(H,39,43)/t35-/m1/s1. The molecule has 4 aromatic rings. The molecule has 0 aromatic heterocycles. The summed E-state index contributed by atoms with van der Waals surface area (Å²) in [5, 5.41) is 3.61. The van der Waals surface area contributed by atoms with Gasteiger partial charge in [0.2, 0.25) is 11.8 Å². The molecule has 0 spiro atoms. The Kier molecular flexibility index (Phi) is 10.8. The number of hydrogen-bond donors (Lipinski definition) is 1. The lowest BCUT2D eigenvalue weighted by molar-refractivity contribution is -0.140. The van der Waals surface area contributed by atoms with E-state index < -0.39 is 28.5 Å². The van der Waals surface area contributed by atoms with E-state index >= 15 is 0 Å². The highest BCUT2D eigenvalue weighted by Crippen LogP contribution is 2.27. The summed E-state index contributed by atoms with van der Waals surface area (Å²) in [5.41, 5.74) is 4.07. The van der Waals surface area contributed by atoms with Crippen LogP contribution in [0.1, 0.15) is 47.9 Å². The summed E-state index contributed by atoms with van der Waals surface area (Å²) >= 11 is 6.07. The van der Waals surface area contributed by atoms with Gasteiger partial charge in [-0.1, -0.05) is 102 Å². The fourth-order valence-electron chi connectivity index (χ4n) is 5.90. The number of sulfonamides is 1. The third-order valence-electron chi connectivity index (χ3n) is 8.41. The van der Waals surface area contributed by atoms with Crippen LogP contribution in [0.3, 0.4) is 0 Å². The summed E-state index contributed by atoms with van der Waals surface area (Å²) in [6.07, 6.45) is 4.18. The van der Waals surface area contributed by atoms with E-state index in [1.807, 2.05) is 80.6 Å². The normalized spacial score (nSPS) is 14.1. The fraction of sp³-hybridized carbons (Fsp3) is 0.297. The molecule has 5 rings (SSSR count). The van der Waals surface area contributed by atoms with Crippen molar-refractivity contribution in [2.45, 2.75) is 69.5 Å². The molecule has 46 heavy (non-hydrogen) atoms. The van der Waals surface area contributed by atoms with Gasteiger partial charge in [-0.05, 0) is 74.2 Å². The van der Waals surface area contributed by atoms with Crippen LogP contribution >= 0.6 is 11.6 Å². The monoisotopic (exact) mass is 657 g/mol. The van der Waals surface area contributed by atoms with Crippen molar-refractivity contribution < 1.29 is 18.0 Å². The van der Waals surface area contributed by atoms with E-state index in [1.165, 1.54) is 24.3 Å². The van der Waals surface area contributed by atoms with Crippen molar-refractivity contribution in [1.82, 2.24) is 10.2 Å². The molecule has 0 unspecified atom stereocenters. The van der Waals surface area contributed by atoms with E-state index in [-0.39, 0.29) is 29.8 Å². The molecule has 1 aliphatic rings. The van der Waals surface area contributed by atoms with Crippen LogP contribution in [0.5, 0.6) is 0 Å². The average Bonchev–Trinajstić information content (AvgIpc) is 3.55. The minimum absolute atomic E-state index is 0.00956.